The summed E-state index contributed by atoms with van der Waals surface area (Å²) in [6.45, 7) is 0.654. The molecule has 0 radical (unpaired) electrons. The van der Waals surface area contributed by atoms with Gasteiger partial charge >= 0.3 is 5.97 Å². The summed E-state index contributed by atoms with van der Waals surface area (Å²) in [7, 11) is 0. The van der Waals surface area contributed by atoms with Crippen LogP contribution in [0.15, 0.2) is 16.9 Å². The number of nitrogens with zero attached hydrogens (tertiary/aromatic N) is 2. The first-order valence-electron chi connectivity index (χ1n) is 10.3. The average molecular weight is 472 g/mol. The van der Waals surface area contributed by atoms with Crippen molar-refractivity contribution in [2.75, 3.05) is 38.0 Å². The van der Waals surface area contributed by atoms with Crippen molar-refractivity contribution in [3.8, 4) is 5.88 Å². The van der Waals surface area contributed by atoms with E-state index < -0.39 is 35.2 Å². The molecule has 1 saturated carbocycles. The summed E-state index contributed by atoms with van der Waals surface area (Å²) in [6.07, 6.45) is 2.29. The van der Waals surface area contributed by atoms with Crippen LogP contribution < -0.4 is 20.8 Å². The lowest BCUT2D eigenvalue weighted by atomic mass is 9.91. The Morgan fingerprint density at radius 3 is 2.69 bits per heavy atom. The van der Waals surface area contributed by atoms with Gasteiger partial charge in [0.15, 0.2) is 5.56 Å². The Balaban J connectivity index is 0.00000245. The van der Waals surface area contributed by atoms with Gasteiger partial charge < -0.3 is 29.8 Å². The molecule has 2 saturated heterocycles. The third-order valence-electron chi connectivity index (χ3n) is 6.73. The van der Waals surface area contributed by atoms with Gasteiger partial charge in [0.2, 0.25) is 18.2 Å². The van der Waals surface area contributed by atoms with Crippen molar-refractivity contribution in [1.29, 1.82) is 0 Å². The number of fused-ring (bicyclic) bond motifs is 2. The number of anilines is 1. The van der Waals surface area contributed by atoms with E-state index in [-0.39, 0.29) is 41.3 Å². The second kappa shape index (κ2) is 8.17. The van der Waals surface area contributed by atoms with E-state index in [9.17, 15) is 19.1 Å². The molecule has 0 unspecified atom stereocenters. The van der Waals surface area contributed by atoms with Crippen LogP contribution in [0.3, 0.4) is 0 Å². The lowest BCUT2D eigenvalue weighted by Crippen LogP contribution is -2.44. The summed E-state index contributed by atoms with van der Waals surface area (Å²) in [5.74, 6) is -2.32. The van der Waals surface area contributed by atoms with Gasteiger partial charge in [-0.15, -0.1) is 12.4 Å². The van der Waals surface area contributed by atoms with E-state index in [1.165, 1.54) is 10.6 Å². The van der Waals surface area contributed by atoms with Crippen molar-refractivity contribution in [2.24, 2.45) is 11.7 Å². The molecule has 1 aromatic heterocycles. The maximum absolute atomic E-state index is 15.2. The maximum atomic E-state index is 15.2. The summed E-state index contributed by atoms with van der Waals surface area (Å²) < 4.78 is 40.7. The molecule has 1 aliphatic carbocycles. The molecule has 0 amide bonds. The van der Waals surface area contributed by atoms with Crippen LogP contribution in [-0.4, -0.2) is 54.3 Å². The number of pyridine rings is 1. The van der Waals surface area contributed by atoms with Gasteiger partial charge in [0.1, 0.15) is 11.4 Å². The Hall–Kier alpha value is -2.43. The maximum Gasteiger partial charge on any atom is 0.345 e. The second-order valence-corrected chi connectivity index (χ2v) is 8.47. The standard InChI is InChI=1S/C21H23F2N3O5.ClH/c22-10-30-19-17(20(28)29)18(27)13-5-14(23)16(6-15(13)26(19)12-1-2-12)25-7-11-3-4-31-21(11,8-24)9-25;/h5-6,11-12H,1-4,7-10,24H2,(H,28,29);1H/t11-,21+;/m1./s1. The third kappa shape index (κ3) is 3.32. The van der Waals surface area contributed by atoms with Crippen LogP contribution in [-0.2, 0) is 4.74 Å². The Bertz CT molecular complexity index is 1140. The average Bonchev–Trinajstić information content (AvgIpc) is 3.38. The fourth-order valence-electron chi connectivity index (χ4n) is 5.06. The van der Waals surface area contributed by atoms with Gasteiger partial charge in [-0.3, -0.25) is 4.79 Å². The number of aromatic nitrogens is 1. The van der Waals surface area contributed by atoms with E-state index in [4.69, 9.17) is 15.2 Å². The van der Waals surface area contributed by atoms with Gasteiger partial charge in [0.25, 0.3) is 0 Å². The lowest BCUT2D eigenvalue weighted by molar-refractivity contribution is 0.0126. The van der Waals surface area contributed by atoms with Crippen LogP contribution in [0.2, 0.25) is 0 Å². The van der Waals surface area contributed by atoms with E-state index in [0.29, 0.717) is 31.8 Å². The normalized spacial score (nSPS) is 24.5. The smallest absolute Gasteiger partial charge is 0.345 e. The van der Waals surface area contributed by atoms with E-state index in [1.54, 1.807) is 0 Å². The molecule has 3 aliphatic rings. The number of benzene rings is 1. The number of rotatable bonds is 6. The largest absolute Gasteiger partial charge is 0.477 e. The fraction of sp³-hybridized carbons (Fsp3) is 0.524. The summed E-state index contributed by atoms with van der Waals surface area (Å²) in [6, 6.07) is 2.46. The van der Waals surface area contributed by atoms with Gasteiger partial charge in [-0.2, -0.15) is 0 Å². The molecule has 0 spiro atoms. The van der Waals surface area contributed by atoms with E-state index in [0.717, 1.165) is 25.3 Å². The third-order valence-corrected chi connectivity index (χ3v) is 6.73. The van der Waals surface area contributed by atoms with E-state index >= 15 is 4.39 Å². The van der Waals surface area contributed by atoms with Gasteiger partial charge in [-0.05, 0) is 31.4 Å². The first-order chi connectivity index (χ1) is 14.9. The molecule has 0 bridgehead atoms. The number of carboxylic acids is 1. The van der Waals surface area contributed by atoms with Crippen molar-refractivity contribution in [2.45, 2.75) is 30.9 Å². The van der Waals surface area contributed by atoms with Gasteiger partial charge in [0.05, 0.1) is 11.2 Å². The molecule has 2 aromatic rings. The van der Waals surface area contributed by atoms with Crippen LogP contribution in [0.5, 0.6) is 5.88 Å². The molecule has 174 valence electrons. The van der Waals surface area contributed by atoms with Crippen molar-refractivity contribution in [3.63, 3.8) is 0 Å². The number of carboxylic acid groups (broad SMARTS) is 1. The van der Waals surface area contributed by atoms with Gasteiger partial charge in [-0.25, -0.2) is 13.6 Å². The molecular formula is C21H24ClF2N3O5. The SMILES string of the molecule is Cl.NC[C@]12CN(c3cc4c(cc3F)c(=O)c(C(=O)O)c(OCF)n4C3CC3)C[C@H]1CCO2. The Kier molecular flexibility index (Phi) is 5.81. The zero-order chi connectivity index (χ0) is 21.9. The number of nitrogens with two attached hydrogens (primary N) is 1. The topological polar surface area (TPSA) is 107 Å². The first-order valence-corrected chi connectivity index (χ1v) is 10.3. The number of hydrogen-bond donors (Lipinski definition) is 2. The molecule has 32 heavy (non-hydrogen) atoms. The summed E-state index contributed by atoms with van der Waals surface area (Å²) >= 11 is 0. The van der Waals surface area contributed by atoms with Crippen molar-refractivity contribution in [1.82, 2.24) is 4.57 Å². The number of hydrogen-bond acceptors (Lipinski definition) is 6. The molecule has 2 aliphatic heterocycles. The molecule has 11 heteroatoms. The van der Waals surface area contributed by atoms with E-state index in [1.807, 2.05) is 4.90 Å². The summed E-state index contributed by atoms with van der Waals surface area (Å²) in [5.41, 5.74) is 4.48. The quantitative estimate of drug-likeness (QED) is 0.666. The van der Waals surface area contributed by atoms with E-state index in [2.05, 4.69) is 0 Å². The Labute approximate surface area is 188 Å². The van der Waals surface area contributed by atoms with Crippen LogP contribution in [0.25, 0.3) is 10.9 Å². The molecular weight excluding hydrogens is 448 g/mol. The second-order valence-electron chi connectivity index (χ2n) is 8.47. The Morgan fingerprint density at radius 2 is 2.09 bits per heavy atom. The molecule has 8 nitrogen and oxygen atoms in total. The zero-order valence-corrected chi connectivity index (χ0v) is 18.0. The summed E-state index contributed by atoms with van der Waals surface area (Å²) in [5, 5.41) is 9.49. The zero-order valence-electron chi connectivity index (χ0n) is 17.2. The van der Waals surface area contributed by atoms with Crippen LogP contribution in [0.1, 0.15) is 35.7 Å². The molecule has 5 rings (SSSR count). The number of aromatic carboxylic acids is 1. The molecule has 3 fully saturated rings. The molecule has 1 aromatic carbocycles. The minimum Gasteiger partial charge on any atom is -0.477 e. The van der Waals surface area contributed by atoms with Gasteiger partial charge in [-0.1, -0.05) is 0 Å². The molecule has 3 N–H and O–H groups in total. The highest BCUT2D eigenvalue weighted by Crippen LogP contribution is 2.44. The van der Waals surface area contributed by atoms with Crippen molar-refractivity contribution < 1.29 is 28.2 Å². The predicted octanol–water partition coefficient (Wildman–Crippen LogP) is 2.46. The van der Waals surface area contributed by atoms with Crippen LogP contribution in [0, 0.1) is 11.7 Å². The molecule has 3 heterocycles. The summed E-state index contributed by atoms with van der Waals surface area (Å²) in [4.78, 5) is 26.5. The minimum atomic E-state index is -1.54. The van der Waals surface area contributed by atoms with Crippen LogP contribution in [0.4, 0.5) is 14.5 Å². The predicted molar refractivity (Wildman–Crippen MR) is 115 cm³/mol. The number of halogens is 3. The van der Waals surface area contributed by atoms with Crippen molar-refractivity contribution in [3.05, 3.63) is 33.7 Å². The number of alkyl halides is 1. The van der Waals surface area contributed by atoms with Gasteiger partial charge in [0, 0.05) is 43.6 Å². The first kappa shape index (κ1) is 22.8. The highest BCUT2D eigenvalue weighted by atomic mass is 35.5. The monoisotopic (exact) mass is 471 g/mol. The highest BCUT2D eigenvalue weighted by Gasteiger charge is 2.50. The molecule has 2 atom stereocenters. The minimum absolute atomic E-state index is 0. The van der Waals surface area contributed by atoms with Crippen LogP contribution >= 0.6 is 12.4 Å². The number of ether oxygens (including phenoxy) is 2. The fourth-order valence-corrected chi connectivity index (χ4v) is 5.06. The highest BCUT2D eigenvalue weighted by molar-refractivity contribution is 5.96. The Morgan fingerprint density at radius 1 is 1.34 bits per heavy atom. The van der Waals surface area contributed by atoms with Crippen molar-refractivity contribution >= 4 is 35.0 Å². The number of carbonyl (C=O) groups is 1. The lowest BCUT2D eigenvalue weighted by Gasteiger charge is -2.27.